The number of nitrogens with zero attached hydrogens (tertiary/aromatic N) is 3. The highest BCUT2D eigenvalue weighted by atomic mass is 35.5. The predicted octanol–water partition coefficient (Wildman–Crippen LogP) is 1.80. The number of nitrogens with one attached hydrogen (secondary N) is 1. The minimum Gasteiger partial charge on any atom is -0.329 e. The molecule has 0 saturated heterocycles. The lowest BCUT2D eigenvalue weighted by Gasteiger charge is -2.06. The first-order chi connectivity index (χ1) is 9.11. The van der Waals surface area contributed by atoms with Crippen LogP contribution in [0.1, 0.15) is 10.5 Å². The average molecular weight is 300 g/mol. The number of halogens is 2. The summed E-state index contributed by atoms with van der Waals surface area (Å²) in [4.78, 5) is 11.9. The van der Waals surface area contributed by atoms with Gasteiger partial charge >= 0.3 is 0 Å². The molecule has 0 saturated carbocycles. The van der Waals surface area contributed by atoms with Gasteiger partial charge in [-0.15, -0.1) is 5.10 Å². The largest absolute Gasteiger partial charge is 0.329 e. The molecule has 100 valence electrons. The van der Waals surface area contributed by atoms with E-state index in [1.807, 2.05) is 0 Å². The molecule has 0 aliphatic rings. The Morgan fingerprint density at radius 2 is 2.21 bits per heavy atom. The summed E-state index contributed by atoms with van der Waals surface area (Å²) in [5.74, 6) is -0.410. The van der Waals surface area contributed by atoms with Crippen molar-refractivity contribution in [2.24, 2.45) is 5.73 Å². The van der Waals surface area contributed by atoms with E-state index in [2.05, 4.69) is 15.6 Å². The van der Waals surface area contributed by atoms with Crippen LogP contribution in [0.25, 0.3) is 0 Å². The molecule has 3 N–H and O–H groups in total. The van der Waals surface area contributed by atoms with Crippen LogP contribution in [0, 0.1) is 0 Å². The molecule has 1 amide bonds. The molecule has 0 spiro atoms. The Morgan fingerprint density at radius 3 is 2.95 bits per heavy atom. The van der Waals surface area contributed by atoms with Crippen LogP contribution < -0.4 is 11.1 Å². The number of nitrogens with two attached hydrogens (primary N) is 1. The molecule has 1 heterocycles. The number of anilines is 1. The Bertz CT molecular complexity index is 599. The Kier molecular flexibility index (Phi) is 4.36. The van der Waals surface area contributed by atoms with Crippen LogP contribution in [0.5, 0.6) is 0 Å². The number of carbonyl (C=O) groups is 1. The second-order valence-corrected chi connectivity index (χ2v) is 4.50. The number of benzene rings is 1. The van der Waals surface area contributed by atoms with Crippen molar-refractivity contribution in [3.63, 3.8) is 0 Å². The lowest BCUT2D eigenvalue weighted by Crippen LogP contribution is -2.13. The van der Waals surface area contributed by atoms with Crippen molar-refractivity contribution in [2.75, 3.05) is 11.9 Å². The summed E-state index contributed by atoms with van der Waals surface area (Å²) >= 11 is 11.8. The molecule has 0 aliphatic heterocycles. The van der Waals surface area contributed by atoms with Gasteiger partial charge in [-0.1, -0.05) is 34.5 Å². The summed E-state index contributed by atoms with van der Waals surface area (Å²) in [6, 6.07) is 4.97. The first kappa shape index (κ1) is 13.8. The predicted molar refractivity (Wildman–Crippen MR) is 73.5 cm³/mol. The molecule has 1 aromatic carbocycles. The highest BCUT2D eigenvalue weighted by Crippen LogP contribution is 2.29. The molecular weight excluding hydrogens is 289 g/mol. The van der Waals surface area contributed by atoms with Crippen molar-refractivity contribution >= 4 is 34.8 Å². The summed E-state index contributed by atoms with van der Waals surface area (Å²) in [5.41, 5.74) is 5.99. The third-order valence-corrected chi connectivity index (χ3v) is 3.15. The van der Waals surface area contributed by atoms with Crippen molar-refractivity contribution in [1.82, 2.24) is 15.0 Å². The molecule has 0 aliphatic carbocycles. The van der Waals surface area contributed by atoms with Gasteiger partial charge in [0.15, 0.2) is 5.69 Å². The summed E-state index contributed by atoms with van der Waals surface area (Å²) in [6.07, 6.45) is 1.51. The lowest BCUT2D eigenvalue weighted by atomic mass is 10.3. The second kappa shape index (κ2) is 6.01. The number of amides is 1. The van der Waals surface area contributed by atoms with Gasteiger partial charge in [0.05, 0.1) is 28.5 Å². The zero-order valence-corrected chi connectivity index (χ0v) is 11.3. The fraction of sp³-hybridized carbons (Fsp3) is 0.182. The minimum atomic E-state index is -0.410. The Balaban J connectivity index is 2.14. The molecule has 0 fully saturated rings. The van der Waals surface area contributed by atoms with Crippen LogP contribution in [0.4, 0.5) is 5.69 Å². The van der Waals surface area contributed by atoms with Gasteiger partial charge in [0, 0.05) is 6.54 Å². The van der Waals surface area contributed by atoms with Crippen molar-refractivity contribution in [1.29, 1.82) is 0 Å². The average Bonchev–Trinajstić information content (AvgIpc) is 2.84. The zero-order valence-electron chi connectivity index (χ0n) is 9.81. The van der Waals surface area contributed by atoms with E-state index in [1.165, 1.54) is 10.9 Å². The van der Waals surface area contributed by atoms with Crippen molar-refractivity contribution in [3.8, 4) is 0 Å². The van der Waals surface area contributed by atoms with Gasteiger partial charge in [-0.3, -0.25) is 9.48 Å². The zero-order chi connectivity index (χ0) is 13.8. The number of aromatic nitrogens is 3. The molecule has 6 nitrogen and oxygen atoms in total. The number of carbonyl (C=O) groups excluding carboxylic acids is 1. The normalized spacial score (nSPS) is 10.5. The molecule has 8 heteroatoms. The Hall–Kier alpha value is -1.63. The SMILES string of the molecule is NCCn1cc(C(=O)Nc2cccc(Cl)c2Cl)nn1. The van der Waals surface area contributed by atoms with E-state index in [4.69, 9.17) is 28.9 Å². The second-order valence-electron chi connectivity index (χ2n) is 3.71. The Morgan fingerprint density at radius 1 is 1.42 bits per heavy atom. The minimum absolute atomic E-state index is 0.185. The molecular formula is C11H11Cl2N5O. The first-order valence-corrected chi connectivity index (χ1v) is 6.23. The van der Waals surface area contributed by atoms with Crippen LogP contribution in [-0.2, 0) is 6.54 Å². The number of rotatable bonds is 4. The maximum Gasteiger partial charge on any atom is 0.277 e. The fourth-order valence-corrected chi connectivity index (χ4v) is 1.78. The van der Waals surface area contributed by atoms with Crippen LogP contribution in [0.2, 0.25) is 10.0 Å². The van der Waals surface area contributed by atoms with Gasteiger partial charge < -0.3 is 11.1 Å². The quantitative estimate of drug-likeness (QED) is 0.901. The monoisotopic (exact) mass is 299 g/mol. The number of hydrogen-bond donors (Lipinski definition) is 2. The molecule has 19 heavy (non-hydrogen) atoms. The third-order valence-electron chi connectivity index (χ3n) is 2.33. The molecule has 0 radical (unpaired) electrons. The summed E-state index contributed by atoms with van der Waals surface area (Å²) in [7, 11) is 0. The standard InChI is InChI=1S/C11H11Cl2N5O/c12-7-2-1-3-8(10(7)13)15-11(19)9-6-18(5-4-14)17-16-9/h1-3,6H,4-5,14H2,(H,15,19). The van der Waals surface area contributed by atoms with Gasteiger partial charge in [-0.05, 0) is 12.1 Å². The molecule has 0 atom stereocenters. The van der Waals surface area contributed by atoms with Crippen LogP contribution in [0.3, 0.4) is 0 Å². The summed E-state index contributed by atoms with van der Waals surface area (Å²) < 4.78 is 1.49. The van der Waals surface area contributed by atoms with Gasteiger partial charge in [-0.2, -0.15) is 0 Å². The van der Waals surface area contributed by atoms with E-state index in [0.717, 1.165) is 0 Å². The molecule has 0 bridgehead atoms. The van der Waals surface area contributed by atoms with E-state index in [9.17, 15) is 4.79 Å². The van der Waals surface area contributed by atoms with Crippen LogP contribution >= 0.6 is 23.2 Å². The van der Waals surface area contributed by atoms with Crippen LogP contribution in [0.15, 0.2) is 24.4 Å². The maximum absolute atomic E-state index is 11.9. The van der Waals surface area contributed by atoms with Gasteiger partial charge in [-0.25, -0.2) is 0 Å². The molecule has 2 aromatic rings. The Labute approximate surface area is 119 Å². The third kappa shape index (κ3) is 3.23. The molecule has 2 rings (SSSR count). The van der Waals surface area contributed by atoms with Crippen molar-refractivity contribution < 1.29 is 4.79 Å². The highest BCUT2D eigenvalue weighted by molar-refractivity contribution is 6.44. The van der Waals surface area contributed by atoms with Gasteiger partial charge in [0.25, 0.3) is 5.91 Å². The summed E-state index contributed by atoms with van der Waals surface area (Å²) in [6.45, 7) is 0.919. The van der Waals surface area contributed by atoms with E-state index in [0.29, 0.717) is 23.8 Å². The molecule has 0 unspecified atom stereocenters. The maximum atomic E-state index is 11.9. The highest BCUT2D eigenvalue weighted by Gasteiger charge is 2.13. The number of hydrogen-bond acceptors (Lipinski definition) is 4. The van der Waals surface area contributed by atoms with Crippen LogP contribution in [-0.4, -0.2) is 27.4 Å². The van der Waals surface area contributed by atoms with Crippen molar-refractivity contribution in [3.05, 3.63) is 40.1 Å². The molecule has 1 aromatic heterocycles. The van der Waals surface area contributed by atoms with E-state index < -0.39 is 5.91 Å². The summed E-state index contributed by atoms with van der Waals surface area (Å²) in [5, 5.41) is 10.8. The van der Waals surface area contributed by atoms with E-state index >= 15 is 0 Å². The topological polar surface area (TPSA) is 85.8 Å². The van der Waals surface area contributed by atoms with Gasteiger partial charge in [0.2, 0.25) is 0 Å². The lowest BCUT2D eigenvalue weighted by molar-refractivity contribution is 0.102. The first-order valence-electron chi connectivity index (χ1n) is 5.47. The fourth-order valence-electron chi connectivity index (χ4n) is 1.43. The van der Waals surface area contributed by atoms with E-state index in [1.54, 1.807) is 18.2 Å². The van der Waals surface area contributed by atoms with Gasteiger partial charge in [0.1, 0.15) is 0 Å². The smallest absolute Gasteiger partial charge is 0.277 e. The van der Waals surface area contributed by atoms with Crippen molar-refractivity contribution in [2.45, 2.75) is 6.54 Å². The van der Waals surface area contributed by atoms with E-state index in [-0.39, 0.29) is 10.7 Å².